The van der Waals surface area contributed by atoms with E-state index in [9.17, 15) is 0 Å². The molecule has 0 aromatic heterocycles. The van der Waals surface area contributed by atoms with Gasteiger partial charge in [0.25, 0.3) is 0 Å². The Morgan fingerprint density at radius 1 is 1.06 bits per heavy atom. The lowest BCUT2D eigenvalue weighted by Gasteiger charge is -2.47. The molecule has 0 N–H and O–H groups in total. The summed E-state index contributed by atoms with van der Waals surface area (Å²) in [6.07, 6.45) is 6.34. The SMILES string of the molecule is CC1CCC(C(C)(C)C2CCOCC2)C(Cl)C1. The number of ether oxygens (including phenoxy) is 1. The van der Waals surface area contributed by atoms with Crippen LogP contribution in [0.2, 0.25) is 0 Å². The summed E-state index contributed by atoms with van der Waals surface area (Å²) in [5, 5.41) is 0.386. The molecule has 1 saturated carbocycles. The fraction of sp³-hybridized carbons (Fsp3) is 1.00. The summed E-state index contributed by atoms with van der Waals surface area (Å²) >= 11 is 6.65. The van der Waals surface area contributed by atoms with Gasteiger partial charge >= 0.3 is 0 Å². The first kappa shape index (κ1) is 13.7. The van der Waals surface area contributed by atoms with E-state index in [0.717, 1.165) is 25.0 Å². The van der Waals surface area contributed by atoms with Gasteiger partial charge in [-0.05, 0) is 48.9 Å². The highest BCUT2D eigenvalue weighted by Gasteiger charge is 2.42. The van der Waals surface area contributed by atoms with Gasteiger partial charge in [-0.2, -0.15) is 0 Å². The maximum absolute atomic E-state index is 6.65. The smallest absolute Gasteiger partial charge is 0.0468 e. The summed E-state index contributed by atoms with van der Waals surface area (Å²) in [4.78, 5) is 0. The second-order valence-corrected chi connectivity index (χ2v) is 7.31. The minimum Gasteiger partial charge on any atom is -0.381 e. The van der Waals surface area contributed by atoms with Crippen molar-refractivity contribution in [2.24, 2.45) is 23.2 Å². The monoisotopic (exact) mass is 258 g/mol. The fourth-order valence-corrected chi connectivity index (χ4v) is 4.65. The number of hydrogen-bond donors (Lipinski definition) is 0. The Balaban J connectivity index is 2.02. The number of alkyl halides is 1. The van der Waals surface area contributed by atoms with Gasteiger partial charge in [0.15, 0.2) is 0 Å². The molecule has 0 spiro atoms. The summed E-state index contributed by atoms with van der Waals surface area (Å²) in [5.41, 5.74) is 0.385. The zero-order chi connectivity index (χ0) is 12.5. The van der Waals surface area contributed by atoms with Crippen LogP contribution >= 0.6 is 11.6 Å². The highest BCUT2D eigenvalue weighted by molar-refractivity contribution is 6.20. The van der Waals surface area contributed by atoms with E-state index in [0.29, 0.717) is 16.7 Å². The van der Waals surface area contributed by atoms with E-state index in [2.05, 4.69) is 20.8 Å². The first-order chi connectivity index (χ1) is 8.01. The number of rotatable bonds is 2. The minimum absolute atomic E-state index is 0.385. The van der Waals surface area contributed by atoms with Crippen LogP contribution in [-0.2, 0) is 4.74 Å². The van der Waals surface area contributed by atoms with Crippen molar-refractivity contribution < 1.29 is 4.74 Å². The Morgan fingerprint density at radius 3 is 2.29 bits per heavy atom. The normalized spacial score (nSPS) is 37.1. The van der Waals surface area contributed by atoms with Crippen LogP contribution in [0.3, 0.4) is 0 Å². The molecule has 2 aliphatic rings. The molecule has 0 amide bonds. The quantitative estimate of drug-likeness (QED) is 0.664. The zero-order valence-electron chi connectivity index (χ0n) is 11.5. The molecule has 1 aliphatic heterocycles. The maximum atomic E-state index is 6.65. The molecule has 1 nitrogen and oxygen atoms in total. The molecule has 0 bridgehead atoms. The number of halogens is 1. The van der Waals surface area contributed by atoms with Crippen molar-refractivity contribution in [3.63, 3.8) is 0 Å². The van der Waals surface area contributed by atoms with Crippen LogP contribution < -0.4 is 0 Å². The van der Waals surface area contributed by atoms with Crippen LogP contribution in [0.15, 0.2) is 0 Å². The third-order valence-electron chi connectivity index (χ3n) is 5.26. The van der Waals surface area contributed by atoms with E-state index in [4.69, 9.17) is 16.3 Å². The van der Waals surface area contributed by atoms with E-state index in [1.165, 1.54) is 32.1 Å². The lowest BCUT2D eigenvalue weighted by atomic mass is 9.61. The van der Waals surface area contributed by atoms with E-state index < -0.39 is 0 Å². The molecule has 1 heterocycles. The topological polar surface area (TPSA) is 9.23 Å². The Bertz CT molecular complexity index is 245. The van der Waals surface area contributed by atoms with E-state index in [1.54, 1.807) is 0 Å². The van der Waals surface area contributed by atoms with Crippen molar-refractivity contribution >= 4 is 11.6 Å². The van der Waals surface area contributed by atoms with Crippen LogP contribution in [0.25, 0.3) is 0 Å². The average Bonchev–Trinajstić information content (AvgIpc) is 2.29. The molecular formula is C15H27ClO. The van der Waals surface area contributed by atoms with Crippen molar-refractivity contribution in [2.45, 2.75) is 58.3 Å². The van der Waals surface area contributed by atoms with Crippen molar-refractivity contribution in [2.75, 3.05) is 13.2 Å². The summed E-state index contributed by atoms with van der Waals surface area (Å²) in [7, 11) is 0. The Hall–Kier alpha value is 0.250. The van der Waals surface area contributed by atoms with Crippen molar-refractivity contribution in [1.29, 1.82) is 0 Å². The van der Waals surface area contributed by atoms with Crippen LogP contribution in [-0.4, -0.2) is 18.6 Å². The molecule has 1 saturated heterocycles. The van der Waals surface area contributed by atoms with E-state index in [1.807, 2.05) is 0 Å². The zero-order valence-corrected chi connectivity index (χ0v) is 12.3. The first-order valence-corrected chi connectivity index (χ1v) is 7.67. The van der Waals surface area contributed by atoms with Gasteiger partial charge in [0.2, 0.25) is 0 Å². The van der Waals surface area contributed by atoms with Gasteiger partial charge in [-0.3, -0.25) is 0 Å². The summed E-state index contributed by atoms with van der Waals surface area (Å²) in [6, 6.07) is 0. The maximum Gasteiger partial charge on any atom is 0.0468 e. The summed E-state index contributed by atoms with van der Waals surface area (Å²) < 4.78 is 5.49. The molecule has 0 aromatic carbocycles. The summed E-state index contributed by atoms with van der Waals surface area (Å²) in [6.45, 7) is 9.12. The largest absolute Gasteiger partial charge is 0.381 e. The second-order valence-electron chi connectivity index (χ2n) is 6.75. The lowest BCUT2D eigenvalue weighted by Crippen LogP contribution is -2.42. The fourth-order valence-electron chi connectivity index (χ4n) is 3.89. The first-order valence-electron chi connectivity index (χ1n) is 7.23. The van der Waals surface area contributed by atoms with Gasteiger partial charge in [0, 0.05) is 18.6 Å². The van der Waals surface area contributed by atoms with Crippen LogP contribution in [0.5, 0.6) is 0 Å². The average molecular weight is 259 g/mol. The molecule has 100 valence electrons. The van der Waals surface area contributed by atoms with Gasteiger partial charge in [-0.1, -0.05) is 27.2 Å². The van der Waals surface area contributed by atoms with Gasteiger partial charge in [-0.25, -0.2) is 0 Å². The second kappa shape index (κ2) is 5.48. The van der Waals surface area contributed by atoms with Gasteiger partial charge in [0.05, 0.1) is 0 Å². The third kappa shape index (κ3) is 2.98. The van der Waals surface area contributed by atoms with E-state index >= 15 is 0 Å². The Morgan fingerprint density at radius 2 is 1.71 bits per heavy atom. The molecule has 2 rings (SSSR count). The highest BCUT2D eigenvalue weighted by Crippen LogP contribution is 2.49. The van der Waals surface area contributed by atoms with Gasteiger partial charge in [0.1, 0.15) is 0 Å². The van der Waals surface area contributed by atoms with Crippen LogP contribution in [0, 0.1) is 23.2 Å². The van der Waals surface area contributed by atoms with Gasteiger partial charge in [-0.15, -0.1) is 11.6 Å². The third-order valence-corrected chi connectivity index (χ3v) is 5.75. The molecule has 17 heavy (non-hydrogen) atoms. The van der Waals surface area contributed by atoms with Crippen LogP contribution in [0.4, 0.5) is 0 Å². The molecule has 2 fully saturated rings. The molecule has 3 unspecified atom stereocenters. The van der Waals surface area contributed by atoms with E-state index in [-0.39, 0.29) is 0 Å². The van der Waals surface area contributed by atoms with Crippen LogP contribution in [0.1, 0.15) is 52.9 Å². The Labute approximate surface area is 111 Å². The van der Waals surface area contributed by atoms with Crippen molar-refractivity contribution in [1.82, 2.24) is 0 Å². The Kier molecular flexibility index (Phi) is 4.41. The molecule has 2 heteroatoms. The highest BCUT2D eigenvalue weighted by atomic mass is 35.5. The number of hydrogen-bond acceptors (Lipinski definition) is 1. The molecular weight excluding hydrogens is 232 g/mol. The van der Waals surface area contributed by atoms with Gasteiger partial charge < -0.3 is 4.74 Å². The standard InChI is InChI=1S/C15H27ClO/c1-11-4-5-13(14(16)10-11)15(2,3)12-6-8-17-9-7-12/h11-14H,4-10H2,1-3H3. The minimum atomic E-state index is 0.385. The summed E-state index contributed by atoms with van der Waals surface area (Å²) in [5.74, 6) is 2.32. The van der Waals surface area contributed by atoms with Crippen molar-refractivity contribution in [3.05, 3.63) is 0 Å². The molecule has 3 atom stereocenters. The molecule has 0 radical (unpaired) electrons. The predicted molar refractivity (Wildman–Crippen MR) is 73.5 cm³/mol. The lowest BCUT2D eigenvalue weighted by molar-refractivity contribution is -0.0117. The predicted octanol–water partition coefficient (Wildman–Crippen LogP) is 4.48. The van der Waals surface area contributed by atoms with Crippen molar-refractivity contribution in [3.8, 4) is 0 Å². The molecule has 1 aliphatic carbocycles. The molecule has 0 aromatic rings.